The maximum Gasteiger partial charge on any atom is 0.341 e. The van der Waals surface area contributed by atoms with Gasteiger partial charge in [-0.2, -0.15) is 0 Å². The van der Waals surface area contributed by atoms with Gasteiger partial charge in [0.2, 0.25) is 0 Å². The number of nitro benzene ring substituents is 1. The second-order valence-electron chi connectivity index (χ2n) is 5.73. The van der Waals surface area contributed by atoms with Gasteiger partial charge >= 0.3 is 5.97 Å². The van der Waals surface area contributed by atoms with Gasteiger partial charge in [0.25, 0.3) is 11.6 Å². The van der Waals surface area contributed by atoms with Crippen LogP contribution in [0.1, 0.15) is 28.2 Å². The Hall–Kier alpha value is -2.94. The number of non-ortho nitro benzene ring substituents is 1. The molecule has 0 aliphatic heterocycles. The summed E-state index contributed by atoms with van der Waals surface area (Å²) in [5.74, 6) is -1.24. The van der Waals surface area contributed by atoms with Gasteiger partial charge in [-0.15, -0.1) is 11.3 Å². The van der Waals surface area contributed by atoms with Crippen LogP contribution in [0, 0.1) is 10.1 Å². The monoisotopic (exact) mass is 377 g/mol. The van der Waals surface area contributed by atoms with Crippen molar-refractivity contribution in [2.45, 2.75) is 13.0 Å². The lowest BCUT2D eigenvalue weighted by Gasteiger charge is -2.17. The Bertz CT molecular complexity index is 805. The van der Waals surface area contributed by atoms with Crippen LogP contribution in [0.5, 0.6) is 0 Å². The maximum atomic E-state index is 12.3. The van der Waals surface area contributed by atoms with Gasteiger partial charge in [0.15, 0.2) is 6.61 Å². The molecular formula is C17H19N3O5S. The van der Waals surface area contributed by atoms with Crippen LogP contribution < -0.4 is 10.2 Å². The molecule has 0 aliphatic rings. The van der Waals surface area contributed by atoms with Crippen molar-refractivity contribution in [1.29, 1.82) is 0 Å². The van der Waals surface area contributed by atoms with Crippen LogP contribution in [0.4, 0.5) is 11.4 Å². The minimum absolute atomic E-state index is 0.0308. The first-order valence-corrected chi connectivity index (χ1v) is 8.63. The van der Waals surface area contributed by atoms with Crippen molar-refractivity contribution in [3.05, 3.63) is 56.3 Å². The summed E-state index contributed by atoms with van der Waals surface area (Å²) in [5, 5.41) is 15.6. The van der Waals surface area contributed by atoms with E-state index >= 15 is 0 Å². The van der Waals surface area contributed by atoms with Crippen molar-refractivity contribution in [3.8, 4) is 0 Å². The van der Waals surface area contributed by atoms with Gasteiger partial charge in [0.1, 0.15) is 0 Å². The lowest BCUT2D eigenvalue weighted by atomic mass is 10.1. The smallest absolute Gasteiger partial charge is 0.341 e. The van der Waals surface area contributed by atoms with Gasteiger partial charge in [0, 0.05) is 31.1 Å². The standard InChI is InChI=1S/C17H19N3O5S/c1-11(15-5-4-8-26-15)18-16(21)10-25-17(22)13-9-12(20(23)24)6-7-14(13)19(2)3/h4-9,11H,10H2,1-3H3,(H,18,21)/t11-/m0/s1. The third kappa shape index (κ3) is 4.79. The number of hydrogen-bond donors (Lipinski definition) is 1. The van der Waals surface area contributed by atoms with E-state index in [1.807, 2.05) is 24.4 Å². The van der Waals surface area contributed by atoms with Gasteiger partial charge in [0.05, 0.1) is 22.2 Å². The topological polar surface area (TPSA) is 102 Å². The normalized spacial score (nSPS) is 11.5. The number of amides is 1. The van der Waals surface area contributed by atoms with Crippen LogP contribution in [0.25, 0.3) is 0 Å². The van der Waals surface area contributed by atoms with Gasteiger partial charge in [-0.25, -0.2) is 4.79 Å². The molecule has 0 spiro atoms. The zero-order valence-electron chi connectivity index (χ0n) is 14.6. The number of thiophene rings is 1. The molecule has 0 unspecified atom stereocenters. The van der Waals surface area contributed by atoms with Gasteiger partial charge in [-0.3, -0.25) is 14.9 Å². The molecule has 1 aromatic carbocycles. The Kier molecular flexibility index (Phi) is 6.29. The molecule has 1 atom stereocenters. The molecule has 0 radical (unpaired) electrons. The first-order valence-electron chi connectivity index (χ1n) is 7.75. The maximum absolute atomic E-state index is 12.3. The van der Waals surface area contributed by atoms with E-state index in [1.165, 1.54) is 23.5 Å². The summed E-state index contributed by atoms with van der Waals surface area (Å²) in [5.41, 5.74) is 0.273. The van der Waals surface area contributed by atoms with Crippen LogP contribution in [-0.4, -0.2) is 37.5 Å². The van der Waals surface area contributed by atoms with Crippen LogP contribution in [-0.2, 0) is 9.53 Å². The minimum Gasteiger partial charge on any atom is -0.452 e. The second-order valence-corrected chi connectivity index (χ2v) is 6.71. The Balaban J connectivity index is 2.03. The summed E-state index contributed by atoms with van der Waals surface area (Å²) in [6.07, 6.45) is 0. The van der Waals surface area contributed by atoms with Crippen molar-refractivity contribution in [3.63, 3.8) is 0 Å². The molecule has 0 fully saturated rings. The summed E-state index contributed by atoms with van der Waals surface area (Å²) in [6, 6.07) is 7.50. The van der Waals surface area contributed by atoms with Crippen LogP contribution in [0.15, 0.2) is 35.7 Å². The third-order valence-electron chi connectivity index (χ3n) is 3.57. The van der Waals surface area contributed by atoms with Gasteiger partial charge in [-0.05, 0) is 24.4 Å². The zero-order chi connectivity index (χ0) is 19.3. The van der Waals surface area contributed by atoms with Crippen LogP contribution in [0.3, 0.4) is 0 Å². The highest BCUT2D eigenvalue weighted by Gasteiger charge is 2.20. The number of rotatable bonds is 7. The average Bonchev–Trinajstić information content (AvgIpc) is 3.13. The number of nitrogens with one attached hydrogen (secondary N) is 1. The first-order chi connectivity index (χ1) is 12.3. The number of carbonyl (C=O) groups excluding carboxylic acids is 2. The molecule has 0 aliphatic carbocycles. The summed E-state index contributed by atoms with van der Waals surface area (Å²) < 4.78 is 5.04. The van der Waals surface area contributed by atoms with Gasteiger partial charge in [-0.1, -0.05) is 6.07 Å². The molecule has 1 amide bonds. The van der Waals surface area contributed by atoms with Crippen molar-refractivity contribution in [2.75, 3.05) is 25.6 Å². The Labute approximate surface area is 154 Å². The average molecular weight is 377 g/mol. The highest BCUT2D eigenvalue weighted by molar-refractivity contribution is 7.10. The number of carbonyl (C=O) groups is 2. The van der Waals surface area contributed by atoms with Crippen LogP contribution >= 0.6 is 11.3 Å². The fourth-order valence-corrected chi connectivity index (χ4v) is 3.03. The molecule has 1 heterocycles. The zero-order valence-corrected chi connectivity index (χ0v) is 15.4. The Morgan fingerprint density at radius 2 is 2.08 bits per heavy atom. The number of nitro groups is 1. The quantitative estimate of drug-likeness (QED) is 0.452. The molecule has 0 saturated carbocycles. The number of hydrogen-bond acceptors (Lipinski definition) is 7. The van der Waals surface area contributed by atoms with E-state index in [9.17, 15) is 19.7 Å². The fraction of sp³-hybridized carbons (Fsp3) is 0.294. The molecule has 1 N–H and O–H groups in total. The van der Waals surface area contributed by atoms with Gasteiger partial charge < -0.3 is 15.0 Å². The number of esters is 1. The van der Waals surface area contributed by atoms with E-state index in [0.717, 1.165) is 10.9 Å². The van der Waals surface area contributed by atoms with E-state index in [0.29, 0.717) is 5.69 Å². The summed E-state index contributed by atoms with van der Waals surface area (Å²) in [6.45, 7) is 1.36. The van der Waals surface area contributed by atoms with E-state index < -0.39 is 23.4 Å². The van der Waals surface area contributed by atoms with Crippen molar-refractivity contribution < 1.29 is 19.2 Å². The van der Waals surface area contributed by atoms with E-state index in [-0.39, 0.29) is 17.3 Å². The molecular weight excluding hydrogens is 358 g/mol. The summed E-state index contributed by atoms with van der Waals surface area (Å²) in [7, 11) is 3.40. The molecule has 0 bridgehead atoms. The molecule has 8 nitrogen and oxygen atoms in total. The Morgan fingerprint density at radius 3 is 2.65 bits per heavy atom. The van der Waals surface area contributed by atoms with E-state index in [2.05, 4.69) is 5.32 Å². The Morgan fingerprint density at radius 1 is 1.35 bits per heavy atom. The molecule has 138 valence electrons. The molecule has 2 rings (SSSR count). The predicted octanol–water partition coefficient (Wildman–Crippen LogP) is 2.76. The fourth-order valence-electron chi connectivity index (χ4n) is 2.29. The highest BCUT2D eigenvalue weighted by Crippen LogP contribution is 2.25. The predicted molar refractivity (Wildman–Crippen MR) is 98.6 cm³/mol. The van der Waals surface area contributed by atoms with Crippen molar-refractivity contribution in [2.24, 2.45) is 0 Å². The number of nitrogens with zero attached hydrogens (tertiary/aromatic N) is 2. The minimum atomic E-state index is -0.795. The largest absolute Gasteiger partial charge is 0.452 e. The molecule has 2 aromatic rings. The molecule has 26 heavy (non-hydrogen) atoms. The number of ether oxygens (including phenoxy) is 1. The van der Waals surface area contributed by atoms with Crippen molar-refractivity contribution >= 4 is 34.6 Å². The third-order valence-corrected chi connectivity index (χ3v) is 4.63. The number of benzene rings is 1. The summed E-state index contributed by atoms with van der Waals surface area (Å²) in [4.78, 5) is 37.3. The SMILES string of the molecule is C[C@H](NC(=O)COC(=O)c1cc([N+](=O)[O-])ccc1N(C)C)c1cccs1. The van der Waals surface area contributed by atoms with E-state index in [4.69, 9.17) is 4.74 Å². The number of anilines is 1. The van der Waals surface area contributed by atoms with Crippen molar-refractivity contribution in [1.82, 2.24) is 5.32 Å². The van der Waals surface area contributed by atoms with Crippen LogP contribution in [0.2, 0.25) is 0 Å². The molecule has 9 heteroatoms. The molecule has 1 aromatic heterocycles. The lowest BCUT2D eigenvalue weighted by Crippen LogP contribution is -2.31. The first kappa shape index (κ1) is 19.4. The molecule has 0 saturated heterocycles. The highest BCUT2D eigenvalue weighted by atomic mass is 32.1. The lowest BCUT2D eigenvalue weighted by molar-refractivity contribution is -0.384. The second kappa shape index (κ2) is 8.43. The summed E-state index contributed by atoms with van der Waals surface area (Å²) >= 11 is 1.51. The van der Waals surface area contributed by atoms with E-state index in [1.54, 1.807) is 19.0 Å².